The van der Waals surface area contributed by atoms with Gasteiger partial charge in [0.2, 0.25) is 0 Å². The lowest BCUT2D eigenvalue weighted by atomic mass is 9.84. The summed E-state index contributed by atoms with van der Waals surface area (Å²) < 4.78 is 2.15. The van der Waals surface area contributed by atoms with E-state index in [1.165, 1.54) is 32.1 Å². The molecule has 3 N–H and O–H groups in total. The Morgan fingerprint density at radius 2 is 2.18 bits per heavy atom. The zero-order chi connectivity index (χ0) is 12.3. The van der Waals surface area contributed by atoms with E-state index in [0.717, 1.165) is 11.6 Å². The van der Waals surface area contributed by atoms with Gasteiger partial charge in [0.15, 0.2) is 0 Å². The number of aromatic nitrogens is 2. The van der Waals surface area contributed by atoms with Crippen molar-refractivity contribution in [2.75, 3.05) is 6.61 Å². The lowest BCUT2D eigenvalue weighted by molar-refractivity contribution is 0.239. The minimum atomic E-state index is -0.316. The molecule has 0 radical (unpaired) electrons. The normalized spacial score (nSPS) is 21.4. The van der Waals surface area contributed by atoms with Crippen molar-refractivity contribution in [3.8, 4) is 0 Å². The van der Waals surface area contributed by atoms with Crippen LogP contribution in [0, 0.1) is 5.92 Å². The molecule has 1 aliphatic rings. The number of aliphatic hydroxyl groups excluding tert-OH is 1. The van der Waals surface area contributed by atoms with Crippen LogP contribution in [0.25, 0.3) is 0 Å². The lowest BCUT2D eigenvalue weighted by Gasteiger charge is -2.30. The molecule has 2 rings (SSSR count). The number of nitrogens with zero attached hydrogens (tertiary/aromatic N) is 2. The Kier molecular flexibility index (Phi) is 4.18. The second-order valence-corrected chi connectivity index (χ2v) is 5.15. The molecule has 0 bridgehead atoms. The van der Waals surface area contributed by atoms with Crippen molar-refractivity contribution in [2.24, 2.45) is 11.7 Å². The maximum absolute atomic E-state index is 9.16. The van der Waals surface area contributed by atoms with Crippen LogP contribution in [0.2, 0.25) is 0 Å². The third kappa shape index (κ3) is 2.69. The van der Waals surface area contributed by atoms with Crippen LogP contribution < -0.4 is 5.73 Å². The van der Waals surface area contributed by atoms with Crippen molar-refractivity contribution in [1.82, 2.24) is 9.55 Å². The summed E-state index contributed by atoms with van der Waals surface area (Å²) in [6.45, 7) is 2.22. The van der Waals surface area contributed by atoms with E-state index in [0.29, 0.717) is 6.04 Å². The fourth-order valence-corrected chi connectivity index (χ4v) is 2.88. The van der Waals surface area contributed by atoms with Gasteiger partial charge in [-0.3, -0.25) is 0 Å². The zero-order valence-electron chi connectivity index (χ0n) is 10.5. The molecule has 0 saturated heterocycles. The summed E-state index contributed by atoms with van der Waals surface area (Å²) in [6.07, 6.45) is 10.3. The first kappa shape index (κ1) is 12.6. The van der Waals surface area contributed by atoms with E-state index in [1.54, 1.807) is 6.20 Å². The number of hydrogen-bond acceptors (Lipinski definition) is 3. The molecule has 1 aromatic rings. The van der Waals surface area contributed by atoms with E-state index in [-0.39, 0.29) is 12.6 Å². The predicted molar refractivity (Wildman–Crippen MR) is 67.5 cm³/mol. The summed E-state index contributed by atoms with van der Waals surface area (Å²) in [5.41, 5.74) is 6.85. The van der Waals surface area contributed by atoms with Gasteiger partial charge >= 0.3 is 0 Å². The molecule has 2 unspecified atom stereocenters. The number of aliphatic hydroxyl groups is 1. The minimum absolute atomic E-state index is 0.0247. The molecule has 4 heteroatoms. The van der Waals surface area contributed by atoms with E-state index in [4.69, 9.17) is 10.8 Å². The third-order valence-corrected chi connectivity index (χ3v) is 4.04. The third-order valence-electron chi connectivity index (χ3n) is 4.04. The van der Waals surface area contributed by atoms with Gasteiger partial charge in [0.25, 0.3) is 0 Å². The zero-order valence-corrected chi connectivity index (χ0v) is 10.5. The van der Waals surface area contributed by atoms with Crippen LogP contribution in [-0.2, 0) is 0 Å². The molecular formula is C13H23N3O. The quantitative estimate of drug-likeness (QED) is 0.842. The number of hydrogen-bond donors (Lipinski definition) is 2. The van der Waals surface area contributed by atoms with Gasteiger partial charge in [0.1, 0.15) is 0 Å². The molecule has 96 valence electrons. The van der Waals surface area contributed by atoms with Crippen LogP contribution in [0.1, 0.15) is 56.8 Å². The molecule has 4 nitrogen and oxygen atoms in total. The van der Waals surface area contributed by atoms with Crippen molar-refractivity contribution in [2.45, 2.75) is 51.1 Å². The van der Waals surface area contributed by atoms with Gasteiger partial charge in [-0.05, 0) is 25.7 Å². The van der Waals surface area contributed by atoms with Gasteiger partial charge < -0.3 is 15.4 Å². The number of nitrogens with two attached hydrogens (primary N) is 1. The maximum Gasteiger partial charge on any atom is 0.0951 e. The summed E-state index contributed by atoms with van der Waals surface area (Å²) in [5, 5.41) is 9.16. The highest BCUT2D eigenvalue weighted by Gasteiger charge is 2.23. The van der Waals surface area contributed by atoms with Crippen LogP contribution in [0.5, 0.6) is 0 Å². The van der Waals surface area contributed by atoms with Crippen molar-refractivity contribution in [3.63, 3.8) is 0 Å². The average molecular weight is 237 g/mol. The largest absolute Gasteiger partial charge is 0.394 e. The first-order chi connectivity index (χ1) is 8.24. The summed E-state index contributed by atoms with van der Waals surface area (Å²) in [6, 6.07) is 0.119. The Labute approximate surface area is 103 Å². The predicted octanol–water partition coefficient (Wildman–Crippen LogP) is 2.02. The minimum Gasteiger partial charge on any atom is -0.394 e. The summed E-state index contributed by atoms with van der Waals surface area (Å²) >= 11 is 0. The van der Waals surface area contributed by atoms with E-state index in [2.05, 4.69) is 16.5 Å². The average Bonchev–Trinajstić information content (AvgIpc) is 2.87. The number of rotatable bonds is 4. The Morgan fingerprint density at radius 3 is 2.82 bits per heavy atom. The molecule has 1 heterocycles. The SMILES string of the molecule is CC(C1CCCCC1)n1cncc1C(N)CO. The smallest absolute Gasteiger partial charge is 0.0951 e. The fourth-order valence-electron chi connectivity index (χ4n) is 2.88. The van der Waals surface area contributed by atoms with Gasteiger partial charge in [0, 0.05) is 12.2 Å². The van der Waals surface area contributed by atoms with Crippen LogP contribution in [0.3, 0.4) is 0 Å². The summed E-state index contributed by atoms with van der Waals surface area (Å²) in [7, 11) is 0. The van der Waals surface area contributed by atoms with Gasteiger partial charge in [-0.1, -0.05) is 19.3 Å². The van der Waals surface area contributed by atoms with E-state index >= 15 is 0 Å². The Bertz CT molecular complexity index is 344. The Morgan fingerprint density at radius 1 is 1.47 bits per heavy atom. The first-order valence-corrected chi connectivity index (χ1v) is 6.62. The fraction of sp³-hybridized carbons (Fsp3) is 0.769. The molecule has 0 aromatic carbocycles. The molecule has 2 atom stereocenters. The van der Waals surface area contributed by atoms with Crippen LogP contribution >= 0.6 is 0 Å². The van der Waals surface area contributed by atoms with E-state index in [1.807, 2.05) is 6.33 Å². The van der Waals surface area contributed by atoms with Gasteiger partial charge in [0.05, 0.1) is 24.7 Å². The monoisotopic (exact) mass is 237 g/mol. The van der Waals surface area contributed by atoms with Crippen molar-refractivity contribution in [3.05, 3.63) is 18.2 Å². The van der Waals surface area contributed by atoms with Crippen LogP contribution in [0.15, 0.2) is 12.5 Å². The van der Waals surface area contributed by atoms with Crippen LogP contribution in [0.4, 0.5) is 0 Å². The molecule has 1 aliphatic carbocycles. The van der Waals surface area contributed by atoms with E-state index in [9.17, 15) is 0 Å². The van der Waals surface area contributed by atoms with Crippen molar-refractivity contribution >= 4 is 0 Å². The van der Waals surface area contributed by atoms with Gasteiger partial charge in [-0.25, -0.2) is 4.98 Å². The van der Waals surface area contributed by atoms with Gasteiger partial charge in [-0.15, -0.1) is 0 Å². The van der Waals surface area contributed by atoms with Crippen molar-refractivity contribution < 1.29 is 5.11 Å². The summed E-state index contributed by atoms with van der Waals surface area (Å²) in [4.78, 5) is 4.18. The highest BCUT2D eigenvalue weighted by molar-refractivity contribution is 5.06. The standard InChI is InChI=1S/C13H23N3O/c1-10(11-5-3-2-4-6-11)16-9-15-7-13(16)12(14)8-17/h7,9-12,17H,2-6,8,14H2,1H3. The molecular weight excluding hydrogens is 214 g/mol. The number of imidazole rings is 1. The highest BCUT2D eigenvalue weighted by Crippen LogP contribution is 2.33. The highest BCUT2D eigenvalue weighted by atomic mass is 16.3. The Balaban J connectivity index is 2.12. The van der Waals surface area contributed by atoms with Gasteiger partial charge in [-0.2, -0.15) is 0 Å². The van der Waals surface area contributed by atoms with E-state index < -0.39 is 0 Å². The molecule has 0 aliphatic heterocycles. The molecule has 1 aromatic heterocycles. The first-order valence-electron chi connectivity index (χ1n) is 6.62. The van der Waals surface area contributed by atoms with Crippen molar-refractivity contribution in [1.29, 1.82) is 0 Å². The van der Waals surface area contributed by atoms with Crippen LogP contribution in [-0.4, -0.2) is 21.3 Å². The molecule has 17 heavy (non-hydrogen) atoms. The summed E-state index contributed by atoms with van der Waals surface area (Å²) in [5.74, 6) is 0.725. The molecule has 1 saturated carbocycles. The topological polar surface area (TPSA) is 64.1 Å². The second kappa shape index (κ2) is 5.65. The molecule has 0 spiro atoms. The maximum atomic E-state index is 9.16. The molecule has 1 fully saturated rings. The Hall–Kier alpha value is -0.870. The lowest BCUT2D eigenvalue weighted by Crippen LogP contribution is -2.24. The molecule has 0 amide bonds. The second-order valence-electron chi connectivity index (χ2n) is 5.15.